The number of methoxy groups -OCH3 is 1. The summed E-state index contributed by atoms with van der Waals surface area (Å²) >= 11 is 0. The Kier molecular flexibility index (Phi) is 6.13. The van der Waals surface area contributed by atoms with E-state index in [-0.39, 0.29) is 0 Å². The van der Waals surface area contributed by atoms with Gasteiger partial charge in [0, 0.05) is 12.5 Å². The van der Waals surface area contributed by atoms with E-state index in [1.54, 1.807) is 7.11 Å². The van der Waals surface area contributed by atoms with Crippen LogP contribution >= 0.6 is 0 Å². The van der Waals surface area contributed by atoms with Gasteiger partial charge in [0.05, 0.1) is 13.7 Å². The summed E-state index contributed by atoms with van der Waals surface area (Å²) < 4.78 is 11.5. The molecule has 1 atom stereocenters. The maximum atomic E-state index is 6.15. The van der Waals surface area contributed by atoms with Crippen molar-refractivity contribution >= 4 is 0 Å². The zero-order valence-electron chi connectivity index (χ0n) is 14.5. The van der Waals surface area contributed by atoms with Crippen LogP contribution in [0.5, 0.6) is 11.5 Å². The molecule has 0 spiro atoms. The summed E-state index contributed by atoms with van der Waals surface area (Å²) in [4.78, 5) is 0. The van der Waals surface area contributed by atoms with Crippen molar-refractivity contribution in [3.8, 4) is 11.5 Å². The number of para-hydroxylation sites is 1. The highest BCUT2D eigenvalue weighted by Crippen LogP contribution is 2.22. The van der Waals surface area contributed by atoms with Crippen molar-refractivity contribution in [3.63, 3.8) is 0 Å². The Bertz CT molecular complexity index is 635. The molecule has 3 nitrogen and oxygen atoms in total. The molecule has 0 aromatic heterocycles. The van der Waals surface area contributed by atoms with Crippen molar-refractivity contribution in [1.82, 2.24) is 5.32 Å². The van der Waals surface area contributed by atoms with Gasteiger partial charge in [-0.25, -0.2) is 0 Å². The highest BCUT2D eigenvalue weighted by molar-refractivity contribution is 5.35. The van der Waals surface area contributed by atoms with E-state index in [1.807, 2.05) is 12.1 Å². The Morgan fingerprint density at radius 1 is 1.08 bits per heavy atom. The molecule has 3 rings (SSSR count). The van der Waals surface area contributed by atoms with E-state index in [0.29, 0.717) is 5.92 Å². The third-order valence-electron chi connectivity index (χ3n) is 4.66. The van der Waals surface area contributed by atoms with Gasteiger partial charge in [-0.1, -0.05) is 30.3 Å². The number of ether oxygens (including phenoxy) is 2. The molecule has 0 aliphatic carbocycles. The minimum atomic E-state index is 0.630. The summed E-state index contributed by atoms with van der Waals surface area (Å²) in [5, 5.41) is 3.45. The van der Waals surface area contributed by atoms with Gasteiger partial charge in [0.2, 0.25) is 0 Å². The molecule has 1 aliphatic heterocycles. The molecular weight excluding hydrogens is 298 g/mol. The largest absolute Gasteiger partial charge is 0.497 e. The summed E-state index contributed by atoms with van der Waals surface area (Å²) in [7, 11) is 1.71. The topological polar surface area (TPSA) is 30.5 Å². The second-order valence-corrected chi connectivity index (χ2v) is 6.48. The number of benzene rings is 2. The van der Waals surface area contributed by atoms with Crippen LogP contribution in [0.1, 0.15) is 24.0 Å². The van der Waals surface area contributed by atoms with Gasteiger partial charge in [-0.15, -0.1) is 0 Å². The first kappa shape index (κ1) is 16.8. The van der Waals surface area contributed by atoms with Gasteiger partial charge in [0.1, 0.15) is 11.5 Å². The quantitative estimate of drug-likeness (QED) is 0.838. The maximum absolute atomic E-state index is 6.15. The molecule has 0 bridgehead atoms. The standard InChI is InChI=1S/C21H27NO2/c1-23-20-9-4-6-17(14-20)11-12-19-8-2-3-10-21(19)24-16-18-7-5-13-22-15-18/h2-4,6,8-10,14,18,22H,5,7,11-13,15-16H2,1H3/t18-/m0/s1. The first-order chi connectivity index (χ1) is 11.8. The zero-order valence-corrected chi connectivity index (χ0v) is 14.5. The molecule has 1 saturated heterocycles. The number of piperidine rings is 1. The fourth-order valence-electron chi connectivity index (χ4n) is 3.23. The molecule has 0 unspecified atom stereocenters. The van der Waals surface area contributed by atoms with Crippen LogP contribution in [0.2, 0.25) is 0 Å². The summed E-state index contributed by atoms with van der Waals surface area (Å²) in [5.74, 6) is 2.58. The number of rotatable bonds is 7. The Labute approximate surface area is 145 Å². The minimum absolute atomic E-state index is 0.630. The lowest BCUT2D eigenvalue weighted by atomic mass is 10.0. The molecule has 0 radical (unpaired) electrons. The van der Waals surface area contributed by atoms with Gasteiger partial charge in [0.25, 0.3) is 0 Å². The van der Waals surface area contributed by atoms with Crippen molar-refractivity contribution in [2.45, 2.75) is 25.7 Å². The Balaban J connectivity index is 1.58. The molecule has 3 heteroatoms. The van der Waals surface area contributed by atoms with Crippen molar-refractivity contribution in [1.29, 1.82) is 0 Å². The van der Waals surface area contributed by atoms with Gasteiger partial charge in [-0.05, 0) is 61.6 Å². The zero-order chi connectivity index (χ0) is 16.6. The van der Waals surface area contributed by atoms with Crippen LogP contribution in [-0.2, 0) is 12.8 Å². The second kappa shape index (κ2) is 8.74. The average Bonchev–Trinajstić information content (AvgIpc) is 2.66. The molecule has 2 aromatic carbocycles. The van der Waals surface area contributed by atoms with E-state index >= 15 is 0 Å². The second-order valence-electron chi connectivity index (χ2n) is 6.48. The third kappa shape index (κ3) is 4.75. The van der Waals surface area contributed by atoms with Crippen LogP contribution in [0.3, 0.4) is 0 Å². The molecule has 1 heterocycles. The van der Waals surface area contributed by atoms with E-state index in [2.05, 4.69) is 41.7 Å². The Morgan fingerprint density at radius 3 is 2.83 bits per heavy atom. The van der Waals surface area contributed by atoms with E-state index < -0.39 is 0 Å². The smallest absolute Gasteiger partial charge is 0.122 e. The number of hydrogen-bond donors (Lipinski definition) is 1. The van der Waals surface area contributed by atoms with E-state index in [1.165, 1.54) is 24.0 Å². The number of nitrogens with one attached hydrogen (secondary N) is 1. The highest BCUT2D eigenvalue weighted by atomic mass is 16.5. The van der Waals surface area contributed by atoms with Crippen molar-refractivity contribution < 1.29 is 9.47 Å². The number of hydrogen-bond acceptors (Lipinski definition) is 3. The summed E-state index contributed by atoms with van der Waals surface area (Å²) in [6, 6.07) is 16.7. The summed E-state index contributed by atoms with van der Waals surface area (Å²) in [6.45, 7) is 3.03. The van der Waals surface area contributed by atoms with Crippen LogP contribution in [0.4, 0.5) is 0 Å². The molecule has 0 saturated carbocycles. The van der Waals surface area contributed by atoms with Crippen LogP contribution < -0.4 is 14.8 Å². The van der Waals surface area contributed by atoms with Crippen molar-refractivity contribution in [3.05, 3.63) is 59.7 Å². The van der Waals surface area contributed by atoms with Gasteiger partial charge >= 0.3 is 0 Å². The molecule has 2 aromatic rings. The lowest BCUT2D eigenvalue weighted by Gasteiger charge is -2.23. The van der Waals surface area contributed by atoms with Crippen LogP contribution in [0.25, 0.3) is 0 Å². The molecular formula is C21H27NO2. The predicted octanol–water partition coefficient (Wildman–Crippen LogP) is 3.86. The molecule has 0 amide bonds. The van der Waals surface area contributed by atoms with E-state index in [4.69, 9.17) is 9.47 Å². The van der Waals surface area contributed by atoms with Crippen LogP contribution in [0, 0.1) is 5.92 Å². The predicted molar refractivity (Wildman–Crippen MR) is 97.9 cm³/mol. The Morgan fingerprint density at radius 2 is 2.00 bits per heavy atom. The van der Waals surface area contributed by atoms with Crippen LogP contribution in [-0.4, -0.2) is 26.8 Å². The van der Waals surface area contributed by atoms with Crippen molar-refractivity contribution in [2.24, 2.45) is 5.92 Å². The fraction of sp³-hybridized carbons (Fsp3) is 0.429. The normalized spacial score (nSPS) is 17.5. The van der Waals surface area contributed by atoms with Gasteiger partial charge in [-0.2, -0.15) is 0 Å². The molecule has 1 N–H and O–H groups in total. The maximum Gasteiger partial charge on any atom is 0.122 e. The third-order valence-corrected chi connectivity index (χ3v) is 4.66. The SMILES string of the molecule is COc1cccc(CCc2ccccc2OC[C@H]2CCCNC2)c1. The monoisotopic (exact) mass is 325 g/mol. The average molecular weight is 325 g/mol. The van der Waals surface area contributed by atoms with Gasteiger partial charge in [0.15, 0.2) is 0 Å². The van der Waals surface area contributed by atoms with Crippen molar-refractivity contribution in [2.75, 3.05) is 26.8 Å². The Hall–Kier alpha value is -2.00. The summed E-state index contributed by atoms with van der Waals surface area (Å²) in [6.07, 6.45) is 4.49. The lowest BCUT2D eigenvalue weighted by molar-refractivity contribution is 0.217. The molecule has 128 valence electrons. The molecule has 1 fully saturated rings. The van der Waals surface area contributed by atoms with E-state index in [9.17, 15) is 0 Å². The molecule has 1 aliphatic rings. The number of aryl methyl sites for hydroxylation is 2. The molecule has 24 heavy (non-hydrogen) atoms. The van der Waals surface area contributed by atoms with Gasteiger partial charge < -0.3 is 14.8 Å². The fourth-order valence-corrected chi connectivity index (χ4v) is 3.23. The highest BCUT2D eigenvalue weighted by Gasteiger charge is 2.14. The lowest BCUT2D eigenvalue weighted by Crippen LogP contribution is -2.33. The first-order valence-electron chi connectivity index (χ1n) is 8.89. The summed E-state index contributed by atoms with van der Waals surface area (Å²) in [5.41, 5.74) is 2.57. The van der Waals surface area contributed by atoms with Gasteiger partial charge in [-0.3, -0.25) is 0 Å². The minimum Gasteiger partial charge on any atom is -0.497 e. The van der Waals surface area contributed by atoms with E-state index in [0.717, 1.165) is 44.0 Å². The first-order valence-corrected chi connectivity index (χ1v) is 8.89. The van der Waals surface area contributed by atoms with Crippen LogP contribution in [0.15, 0.2) is 48.5 Å².